The molecule has 0 amide bonds. The van der Waals surface area contributed by atoms with Crippen molar-refractivity contribution in [3.05, 3.63) is 113 Å². The second-order valence-electron chi connectivity index (χ2n) is 9.62. The van der Waals surface area contributed by atoms with E-state index >= 15 is 0 Å². The van der Waals surface area contributed by atoms with Crippen molar-refractivity contribution in [1.82, 2.24) is 14.9 Å². The highest BCUT2D eigenvalue weighted by atomic mass is 32.1. The maximum Gasteiger partial charge on any atom is 0.174 e. The van der Waals surface area contributed by atoms with Crippen LogP contribution in [0.4, 0.5) is 5.69 Å². The van der Waals surface area contributed by atoms with Crippen molar-refractivity contribution in [1.29, 1.82) is 0 Å². The minimum atomic E-state index is -0.0584. The van der Waals surface area contributed by atoms with Crippen LogP contribution >= 0.6 is 12.2 Å². The highest BCUT2D eigenvalue weighted by Crippen LogP contribution is 2.45. The Kier molecular flexibility index (Phi) is 6.20. The van der Waals surface area contributed by atoms with Gasteiger partial charge in [-0.1, -0.05) is 50.2 Å². The molecule has 1 N–H and O–H groups in total. The van der Waals surface area contributed by atoms with Gasteiger partial charge in [-0.3, -0.25) is 4.98 Å². The van der Waals surface area contributed by atoms with E-state index in [1.54, 1.807) is 0 Å². The quantitative estimate of drug-likeness (QED) is 0.309. The second kappa shape index (κ2) is 9.31. The summed E-state index contributed by atoms with van der Waals surface area (Å²) in [5, 5.41) is 4.34. The first-order valence-electron chi connectivity index (χ1n) is 12.2. The van der Waals surface area contributed by atoms with Gasteiger partial charge in [0.05, 0.1) is 17.8 Å². The fourth-order valence-electron chi connectivity index (χ4n) is 5.35. The number of thiocarbonyl (C=S) groups is 1. The van der Waals surface area contributed by atoms with Crippen LogP contribution in [-0.4, -0.2) is 14.7 Å². The highest BCUT2D eigenvalue weighted by Gasteiger charge is 2.43. The van der Waals surface area contributed by atoms with Gasteiger partial charge >= 0.3 is 0 Å². The Hall–Kier alpha value is -3.44. The topological polar surface area (TPSA) is 33.1 Å². The molecule has 1 aliphatic rings. The maximum atomic E-state index is 5.96. The van der Waals surface area contributed by atoms with E-state index in [9.17, 15) is 0 Å². The number of rotatable bonds is 5. The van der Waals surface area contributed by atoms with E-state index in [4.69, 9.17) is 17.2 Å². The SMILES string of the molecule is Cc1c([C@H]2[C@H](c3ccccn3)NC(=S)N2c2ccc(C(C)C)cc2)c(C)n(-c2ccccc2)c1C. The lowest BCUT2D eigenvalue weighted by Gasteiger charge is -2.29. The normalized spacial score (nSPS) is 17.8. The van der Waals surface area contributed by atoms with Crippen LogP contribution in [0.5, 0.6) is 0 Å². The summed E-state index contributed by atoms with van der Waals surface area (Å²) in [5.41, 5.74) is 9.64. The molecule has 2 aromatic carbocycles. The summed E-state index contributed by atoms with van der Waals surface area (Å²) in [4.78, 5) is 7.01. The predicted molar refractivity (Wildman–Crippen MR) is 148 cm³/mol. The fourth-order valence-corrected chi connectivity index (χ4v) is 5.70. The number of anilines is 1. The van der Waals surface area contributed by atoms with Crippen LogP contribution in [0.3, 0.4) is 0 Å². The monoisotopic (exact) mass is 480 g/mol. The Morgan fingerprint density at radius 3 is 2.14 bits per heavy atom. The van der Waals surface area contributed by atoms with E-state index in [0.29, 0.717) is 5.92 Å². The van der Waals surface area contributed by atoms with Crippen LogP contribution in [0, 0.1) is 20.8 Å². The van der Waals surface area contributed by atoms with E-state index in [2.05, 4.69) is 110 Å². The van der Waals surface area contributed by atoms with Gasteiger partial charge in [-0.25, -0.2) is 0 Å². The van der Waals surface area contributed by atoms with E-state index in [-0.39, 0.29) is 12.1 Å². The third-order valence-corrected chi connectivity index (χ3v) is 7.57. The lowest BCUT2D eigenvalue weighted by molar-refractivity contribution is 0.563. The van der Waals surface area contributed by atoms with Crippen LogP contribution in [0.2, 0.25) is 0 Å². The van der Waals surface area contributed by atoms with Crippen molar-refractivity contribution < 1.29 is 0 Å². The molecular weight excluding hydrogens is 448 g/mol. The van der Waals surface area contributed by atoms with Crippen LogP contribution in [-0.2, 0) is 0 Å². The zero-order chi connectivity index (χ0) is 24.7. The molecule has 1 fully saturated rings. The Balaban J connectivity index is 1.70. The zero-order valence-corrected chi connectivity index (χ0v) is 21.8. The Labute approximate surface area is 213 Å². The summed E-state index contributed by atoms with van der Waals surface area (Å²) in [6, 6.07) is 25.4. The van der Waals surface area contributed by atoms with Crippen molar-refractivity contribution in [2.75, 3.05) is 4.90 Å². The minimum Gasteiger partial charge on any atom is -0.351 e. The van der Waals surface area contributed by atoms with Gasteiger partial charge in [0.2, 0.25) is 0 Å². The van der Waals surface area contributed by atoms with Gasteiger partial charge in [0.15, 0.2) is 5.11 Å². The molecule has 3 heterocycles. The first-order chi connectivity index (χ1) is 16.9. The van der Waals surface area contributed by atoms with Gasteiger partial charge in [-0.05, 0) is 86.4 Å². The van der Waals surface area contributed by atoms with Crippen LogP contribution in [0.1, 0.15) is 65.6 Å². The lowest BCUT2D eigenvalue weighted by atomic mass is 9.93. The number of aromatic nitrogens is 2. The molecule has 5 rings (SSSR count). The number of hydrogen-bond donors (Lipinski definition) is 1. The van der Waals surface area contributed by atoms with Crippen molar-refractivity contribution in [3.63, 3.8) is 0 Å². The van der Waals surface area contributed by atoms with E-state index in [1.165, 1.54) is 33.8 Å². The number of benzene rings is 2. The molecule has 0 spiro atoms. The summed E-state index contributed by atoms with van der Waals surface area (Å²) in [6.07, 6.45) is 1.86. The van der Waals surface area contributed by atoms with Gasteiger partial charge in [0.1, 0.15) is 0 Å². The molecule has 5 heteroatoms. The summed E-state index contributed by atoms with van der Waals surface area (Å²) >= 11 is 5.96. The van der Waals surface area contributed by atoms with Gasteiger partial charge in [0.25, 0.3) is 0 Å². The highest BCUT2D eigenvalue weighted by molar-refractivity contribution is 7.80. The molecule has 2 atom stereocenters. The molecule has 0 bridgehead atoms. The average Bonchev–Trinajstić information content (AvgIpc) is 3.32. The molecular formula is C30H32N4S. The summed E-state index contributed by atoms with van der Waals surface area (Å²) in [6.45, 7) is 11.1. The van der Waals surface area contributed by atoms with E-state index in [0.717, 1.165) is 16.5 Å². The summed E-state index contributed by atoms with van der Waals surface area (Å²) < 4.78 is 2.36. The molecule has 4 nitrogen and oxygen atoms in total. The predicted octanol–water partition coefficient (Wildman–Crippen LogP) is 7.10. The molecule has 1 saturated heterocycles. The second-order valence-corrected chi connectivity index (χ2v) is 10.0. The molecule has 4 aromatic rings. The molecule has 0 unspecified atom stereocenters. The Bertz CT molecular complexity index is 1340. The van der Waals surface area contributed by atoms with E-state index < -0.39 is 0 Å². The first-order valence-corrected chi connectivity index (χ1v) is 12.6. The zero-order valence-electron chi connectivity index (χ0n) is 21.0. The van der Waals surface area contributed by atoms with Crippen molar-refractivity contribution in [3.8, 4) is 5.69 Å². The molecule has 0 aliphatic carbocycles. The van der Waals surface area contributed by atoms with Crippen molar-refractivity contribution in [2.45, 2.75) is 52.6 Å². The van der Waals surface area contributed by atoms with Crippen LogP contribution in [0.25, 0.3) is 5.69 Å². The van der Waals surface area contributed by atoms with Crippen molar-refractivity contribution in [2.24, 2.45) is 0 Å². The molecule has 0 saturated carbocycles. The molecule has 0 radical (unpaired) electrons. The first kappa shape index (κ1) is 23.3. The lowest BCUT2D eigenvalue weighted by Crippen LogP contribution is -2.29. The number of nitrogens with zero attached hydrogens (tertiary/aromatic N) is 3. The summed E-state index contributed by atoms with van der Waals surface area (Å²) in [7, 11) is 0. The maximum absolute atomic E-state index is 5.96. The molecule has 35 heavy (non-hydrogen) atoms. The van der Waals surface area contributed by atoms with Crippen LogP contribution < -0.4 is 10.2 Å². The summed E-state index contributed by atoms with van der Waals surface area (Å²) in [5.74, 6) is 0.483. The number of nitrogens with one attached hydrogen (secondary N) is 1. The molecule has 178 valence electrons. The van der Waals surface area contributed by atoms with E-state index in [1.807, 2.05) is 18.3 Å². The third kappa shape index (κ3) is 4.04. The molecule has 2 aromatic heterocycles. The van der Waals surface area contributed by atoms with Crippen LogP contribution in [0.15, 0.2) is 79.0 Å². The van der Waals surface area contributed by atoms with Gasteiger partial charge in [-0.15, -0.1) is 0 Å². The van der Waals surface area contributed by atoms with Gasteiger partial charge in [0, 0.05) is 34.5 Å². The third-order valence-electron chi connectivity index (χ3n) is 7.25. The Morgan fingerprint density at radius 1 is 0.829 bits per heavy atom. The number of para-hydroxylation sites is 1. The van der Waals surface area contributed by atoms with Crippen molar-refractivity contribution >= 4 is 23.0 Å². The fraction of sp³-hybridized carbons (Fsp3) is 0.267. The standard InChI is InChI=1S/C30H32N4S/c1-19(2)23-14-16-25(17-15-23)34-29(28(32-30(34)35)26-13-9-10-18-31-26)27-20(3)21(4)33(22(27)5)24-11-7-6-8-12-24/h6-19,28-29H,1-5H3,(H,32,35)/t28-,29-/m0/s1. The minimum absolute atomic E-state index is 0.0223. The number of hydrogen-bond acceptors (Lipinski definition) is 2. The number of pyridine rings is 1. The Morgan fingerprint density at radius 2 is 1.51 bits per heavy atom. The largest absolute Gasteiger partial charge is 0.351 e. The van der Waals surface area contributed by atoms with Gasteiger partial charge < -0.3 is 14.8 Å². The smallest absolute Gasteiger partial charge is 0.174 e. The molecule has 1 aliphatic heterocycles. The average molecular weight is 481 g/mol. The van der Waals surface area contributed by atoms with Gasteiger partial charge in [-0.2, -0.15) is 0 Å².